The Labute approximate surface area is 368 Å². The number of hydrogen-bond acceptors (Lipinski definition) is 19. The van der Waals surface area contributed by atoms with Gasteiger partial charge in [0.25, 0.3) is 0 Å². The normalized spacial score (nSPS) is 13.8. The van der Waals surface area contributed by atoms with E-state index in [1.807, 2.05) is 0 Å². The summed E-state index contributed by atoms with van der Waals surface area (Å²) in [6.45, 7) is 0. The van der Waals surface area contributed by atoms with Gasteiger partial charge in [-0.15, -0.1) is 10.2 Å². The molecule has 0 amide bonds. The molecule has 7 N–H and O–H groups in total. The molecule has 19 nitrogen and oxygen atoms in total. The number of carbonyl (C=O) groups excluding carboxylic acids is 1. The maximum absolute atomic E-state index is 13.6. The van der Waals surface area contributed by atoms with Crippen molar-refractivity contribution in [2.45, 2.75) is 9.79 Å². The number of rotatable bonds is 9. The van der Waals surface area contributed by atoms with Gasteiger partial charge in [0.05, 0.1) is 48.7 Å². The van der Waals surface area contributed by atoms with E-state index in [1.165, 1.54) is 30.3 Å². The van der Waals surface area contributed by atoms with E-state index in [-0.39, 0.29) is 100 Å². The maximum atomic E-state index is 13.6. The molecule has 0 unspecified atom stereocenters. The van der Waals surface area contributed by atoms with Crippen LogP contribution in [-0.4, -0.2) is 50.4 Å². The van der Waals surface area contributed by atoms with Gasteiger partial charge in [-0.1, -0.05) is 0 Å². The van der Waals surface area contributed by atoms with Crippen LogP contribution in [0.4, 0.5) is 45.5 Å². The molecule has 5 rings (SSSR count). The van der Waals surface area contributed by atoms with Gasteiger partial charge in [0.2, 0.25) is 5.78 Å². The molecule has 0 heterocycles. The third-order valence-electron chi connectivity index (χ3n) is 6.71. The van der Waals surface area contributed by atoms with Gasteiger partial charge in [-0.05, 0) is 84.4 Å². The summed E-state index contributed by atoms with van der Waals surface area (Å²) < 4.78 is 107. The number of allylic oxidation sites excluding steroid dienone is 1. The molecule has 4 aromatic rings. The molecule has 0 fully saturated rings. The zero-order valence-electron chi connectivity index (χ0n) is 27.8. The van der Waals surface area contributed by atoms with Crippen LogP contribution in [0.5, 0.6) is 0 Å². The fraction of sp³-hybridized carbons (Fsp3) is 0. The van der Waals surface area contributed by atoms with Crippen molar-refractivity contribution in [1.82, 2.24) is 0 Å². The number of Topliss-reactive ketones (excluding diaryl/α,β-unsaturated/α-hetero) is 1. The smallest absolute Gasteiger partial charge is 0.744 e. The number of nitrogens with one attached hydrogen (secondary N) is 1. The number of nitrogen functional groups attached to an aromatic ring is 3. The van der Waals surface area contributed by atoms with Crippen LogP contribution in [0.15, 0.2) is 113 Å². The SMILES string of the molecule is Nc1ccc(N=Nc2ccc(N=Nc3c(S(=O)(=O)[O-])cc4c(c3N)C(=O)/C(=N/Nc3ccc(S(=O)(=O)[O-])cc3)C(S(=O)(=O)[O-])=C4)cc2)c(N)c1.[Na+].[Na+].[Na+]. The molecule has 0 atom stereocenters. The molecule has 0 aliphatic heterocycles. The van der Waals surface area contributed by atoms with Crippen molar-refractivity contribution in [3.63, 3.8) is 0 Å². The van der Waals surface area contributed by atoms with Gasteiger partial charge in [0.1, 0.15) is 47.4 Å². The number of carbonyl (C=O) groups is 1. The summed E-state index contributed by atoms with van der Waals surface area (Å²) in [7, 11) is -15.6. The Kier molecular flexibility index (Phi) is 15.8. The minimum absolute atomic E-state index is 0. The predicted molar refractivity (Wildman–Crippen MR) is 176 cm³/mol. The summed E-state index contributed by atoms with van der Waals surface area (Å²) >= 11 is 0. The molecular formula is C28H20N9Na3O10S3. The van der Waals surface area contributed by atoms with Crippen molar-refractivity contribution in [3.05, 3.63) is 88.8 Å². The van der Waals surface area contributed by atoms with E-state index in [0.717, 1.165) is 24.3 Å². The Bertz CT molecular complexity index is 2530. The van der Waals surface area contributed by atoms with Gasteiger partial charge in [-0.25, -0.2) is 25.3 Å². The molecule has 258 valence electrons. The Morgan fingerprint density at radius 2 is 1.21 bits per heavy atom. The monoisotopic (exact) mass is 807 g/mol. The Balaban J connectivity index is 0.00000324. The average molecular weight is 808 g/mol. The number of hydrogen-bond donors (Lipinski definition) is 4. The summed E-state index contributed by atoms with van der Waals surface area (Å²) in [4.78, 5) is 10.7. The first-order valence-corrected chi connectivity index (χ1v) is 17.7. The van der Waals surface area contributed by atoms with Gasteiger partial charge in [0.15, 0.2) is 0 Å². The zero-order valence-corrected chi connectivity index (χ0v) is 36.2. The van der Waals surface area contributed by atoms with E-state index < -0.39 is 79.0 Å². The quantitative estimate of drug-likeness (QED) is 0.0404. The number of ketones is 1. The van der Waals surface area contributed by atoms with E-state index >= 15 is 0 Å². The minimum Gasteiger partial charge on any atom is -0.744 e. The first-order valence-electron chi connectivity index (χ1n) is 13.5. The standard InChI is InChI=1S/C28H23N9O10S3.3Na/c29-15-1-10-21(20(30)13-15)35-32-16-2-4-17(5-3-16)33-36-26-22(49(42,43)44)11-14-12-23(50(45,46)47)27(28(38)24(14)25(26)31)37-34-18-6-8-19(9-7-18)48(39,40)41;;;/h1-13,34H,29-31H2,(H,39,40,41)(H,42,43,44)(H,45,46,47);;;/q;3*+1/p-3/b35-32?,36-33?,37-27+;;;. The maximum Gasteiger partial charge on any atom is 1.00 e. The number of anilines is 4. The van der Waals surface area contributed by atoms with Crippen molar-refractivity contribution in [3.8, 4) is 0 Å². The van der Waals surface area contributed by atoms with Crippen molar-refractivity contribution >= 4 is 93.4 Å². The molecule has 0 bridgehead atoms. The molecule has 0 radical (unpaired) electrons. The van der Waals surface area contributed by atoms with E-state index in [1.54, 1.807) is 12.1 Å². The van der Waals surface area contributed by atoms with E-state index in [4.69, 9.17) is 17.2 Å². The van der Waals surface area contributed by atoms with Crippen LogP contribution in [-0.2, 0) is 30.4 Å². The second kappa shape index (κ2) is 18.1. The van der Waals surface area contributed by atoms with Gasteiger partial charge < -0.3 is 30.9 Å². The number of fused-ring (bicyclic) bond motifs is 1. The molecular weight excluding hydrogens is 788 g/mol. The zero-order chi connectivity index (χ0) is 36.6. The van der Waals surface area contributed by atoms with Crippen LogP contribution < -0.4 is 111 Å². The van der Waals surface area contributed by atoms with Crippen LogP contribution in [0, 0.1) is 0 Å². The third-order valence-corrected chi connectivity index (χ3v) is 9.26. The number of hydrazone groups is 1. The summed E-state index contributed by atoms with van der Waals surface area (Å²) in [5.41, 5.74) is 17.9. The Morgan fingerprint density at radius 3 is 1.72 bits per heavy atom. The molecule has 4 aromatic carbocycles. The largest absolute Gasteiger partial charge is 1.00 e. The second-order valence-corrected chi connectivity index (χ2v) is 14.2. The molecule has 1 aliphatic rings. The average Bonchev–Trinajstić information content (AvgIpc) is 3.02. The van der Waals surface area contributed by atoms with E-state index in [2.05, 4.69) is 31.0 Å². The van der Waals surface area contributed by atoms with Crippen molar-refractivity contribution < 1.29 is 132 Å². The van der Waals surface area contributed by atoms with Gasteiger partial charge >= 0.3 is 88.7 Å². The minimum atomic E-state index is -5.46. The summed E-state index contributed by atoms with van der Waals surface area (Å²) in [5.74, 6) is -1.29. The van der Waals surface area contributed by atoms with Crippen LogP contribution in [0.25, 0.3) is 6.08 Å². The Morgan fingerprint density at radius 1 is 0.642 bits per heavy atom. The topological polar surface area (TPSA) is 341 Å². The first kappa shape index (κ1) is 46.2. The van der Waals surface area contributed by atoms with Gasteiger partial charge in [0, 0.05) is 5.69 Å². The number of nitrogens with zero attached hydrogens (tertiary/aromatic N) is 5. The second-order valence-electron chi connectivity index (χ2n) is 10.1. The van der Waals surface area contributed by atoms with E-state index in [9.17, 15) is 43.7 Å². The summed E-state index contributed by atoms with van der Waals surface area (Å²) in [6.07, 6.45) is 0.601. The van der Waals surface area contributed by atoms with Crippen molar-refractivity contribution in [2.75, 3.05) is 22.6 Å². The van der Waals surface area contributed by atoms with Crippen LogP contribution in [0.1, 0.15) is 15.9 Å². The first-order chi connectivity index (χ1) is 23.3. The van der Waals surface area contributed by atoms with Crippen LogP contribution in [0.2, 0.25) is 0 Å². The molecule has 0 aromatic heterocycles. The fourth-order valence-electron chi connectivity index (χ4n) is 4.37. The molecule has 0 spiro atoms. The van der Waals surface area contributed by atoms with Gasteiger partial charge in [-0.2, -0.15) is 15.3 Å². The van der Waals surface area contributed by atoms with E-state index in [0.29, 0.717) is 34.9 Å². The Hall–Kier alpha value is -2.91. The molecule has 0 saturated heterocycles. The summed E-state index contributed by atoms with van der Waals surface area (Å²) in [5, 5.41) is 19.5. The van der Waals surface area contributed by atoms with Crippen LogP contribution >= 0.6 is 0 Å². The number of benzene rings is 4. The molecule has 53 heavy (non-hydrogen) atoms. The number of azo groups is 2. The summed E-state index contributed by atoms with van der Waals surface area (Å²) in [6, 6.07) is 15.0. The van der Waals surface area contributed by atoms with Crippen molar-refractivity contribution in [2.24, 2.45) is 25.6 Å². The van der Waals surface area contributed by atoms with Crippen molar-refractivity contribution in [1.29, 1.82) is 0 Å². The van der Waals surface area contributed by atoms with Gasteiger partial charge in [-0.3, -0.25) is 10.2 Å². The molecule has 25 heteroatoms. The third kappa shape index (κ3) is 11.1. The predicted octanol–water partition coefficient (Wildman–Crippen LogP) is -5.37. The molecule has 1 aliphatic carbocycles. The fourth-order valence-corrected chi connectivity index (χ4v) is 6.15. The van der Waals surface area contributed by atoms with Crippen LogP contribution in [0.3, 0.4) is 0 Å². The number of nitrogens with two attached hydrogens (primary N) is 3. The molecule has 0 saturated carbocycles.